The topological polar surface area (TPSA) is 146 Å². The average Bonchev–Trinajstić information content (AvgIpc) is 3.08. The summed E-state index contributed by atoms with van der Waals surface area (Å²) in [6.07, 6.45) is 2.96. The molecule has 0 radical (unpaired) electrons. The largest absolute Gasteiger partial charge is 0.293 e. The Morgan fingerprint density at radius 1 is 1.07 bits per heavy atom. The molecule has 3 rings (SSSR count). The first kappa shape index (κ1) is 20.8. The summed E-state index contributed by atoms with van der Waals surface area (Å²) in [6.45, 7) is 0.315. The van der Waals surface area contributed by atoms with Gasteiger partial charge < -0.3 is 0 Å². The Morgan fingerprint density at radius 2 is 1.63 bits per heavy atom. The third-order valence-electron chi connectivity index (χ3n) is 3.91. The Balaban J connectivity index is 1.63. The molecule has 1 aromatic heterocycles. The van der Waals surface area contributed by atoms with Crippen molar-refractivity contribution in [2.45, 2.75) is 6.54 Å². The molecule has 2 aromatic carbocycles. The number of amides is 1. The van der Waals surface area contributed by atoms with Crippen LogP contribution in [-0.4, -0.2) is 31.7 Å². The predicted molar refractivity (Wildman–Crippen MR) is 110 cm³/mol. The Morgan fingerprint density at radius 3 is 2.20 bits per heavy atom. The molecule has 0 atom stereocenters. The molecule has 0 unspecified atom stereocenters. The van der Waals surface area contributed by atoms with E-state index >= 15 is 0 Å². The highest BCUT2D eigenvalue weighted by atomic mass is 79.9. The molecule has 11 nitrogen and oxygen atoms in total. The Bertz CT molecular complexity index is 1120. The number of carbonyl (C=O) groups is 1. The molecule has 1 amide bonds. The first-order valence-corrected chi connectivity index (χ1v) is 9.17. The van der Waals surface area contributed by atoms with Gasteiger partial charge in [0.05, 0.1) is 27.1 Å². The fourth-order valence-corrected chi connectivity index (χ4v) is 2.94. The van der Waals surface area contributed by atoms with Crippen LogP contribution in [0.15, 0.2) is 64.3 Å². The monoisotopic (exact) mass is 472 g/mol. The first-order chi connectivity index (χ1) is 14.3. The van der Waals surface area contributed by atoms with Gasteiger partial charge in [-0.1, -0.05) is 12.1 Å². The molecule has 152 valence electrons. The van der Waals surface area contributed by atoms with Crippen LogP contribution in [0.25, 0.3) is 0 Å². The van der Waals surface area contributed by atoms with Crippen LogP contribution in [0.1, 0.15) is 21.6 Å². The van der Waals surface area contributed by atoms with Gasteiger partial charge in [-0.15, -0.1) is 0 Å². The van der Waals surface area contributed by atoms with E-state index in [0.29, 0.717) is 16.6 Å². The molecule has 0 aliphatic carbocycles. The lowest BCUT2D eigenvalue weighted by Crippen LogP contribution is -2.19. The molecule has 0 saturated carbocycles. The van der Waals surface area contributed by atoms with Gasteiger partial charge in [0.15, 0.2) is 5.69 Å². The molecule has 1 N–H and O–H groups in total. The van der Waals surface area contributed by atoms with Gasteiger partial charge in [0.25, 0.3) is 17.3 Å². The number of hydrazone groups is 1. The van der Waals surface area contributed by atoms with Crippen LogP contribution >= 0.6 is 15.9 Å². The molecule has 12 heteroatoms. The van der Waals surface area contributed by atoms with Gasteiger partial charge in [0.1, 0.15) is 0 Å². The van der Waals surface area contributed by atoms with Gasteiger partial charge in [-0.3, -0.25) is 29.7 Å². The van der Waals surface area contributed by atoms with E-state index in [1.54, 1.807) is 18.3 Å². The van der Waals surface area contributed by atoms with Crippen molar-refractivity contribution in [3.63, 3.8) is 0 Å². The zero-order chi connectivity index (χ0) is 21.7. The molecule has 30 heavy (non-hydrogen) atoms. The Labute approximate surface area is 177 Å². The van der Waals surface area contributed by atoms with Gasteiger partial charge >= 0.3 is 0 Å². The number of non-ortho nitro benzene ring substituents is 2. The highest BCUT2D eigenvalue weighted by molar-refractivity contribution is 9.10. The molecule has 1 heterocycles. The zero-order valence-electron chi connectivity index (χ0n) is 15.1. The SMILES string of the molecule is O=C(NN=Cc1ccc([N+](=O)[O-])cc1)c1nn(Cc2ccc([N+](=O)[O-])cc2)cc1Br. The van der Waals surface area contributed by atoms with Crippen LogP contribution in [-0.2, 0) is 6.54 Å². The van der Waals surface area contributed by atoms with Crippen molar-refractivity contribution in [2.24, 2.45) is 5.10 Å². The summed E-state index contributed by atoms with van der Waals surface area (Å²) in [5.41, 5.74) is 3.75. The maximum atomic E-state index is 12.3. The second-order valence-electron chi connectivity index (χ2n) is 5.99. The predicted octanol–water partition coefficient (Wildman–Crippen LogP) is 3.27. The lowest BCUT2D eigenvalue weighted by atomic mass is 10.2. The summed E-state index contributed by atoms with van der Waals surface area (Å²) in [4.78, 5) is 32.7. The van der Waals surface area contributed by atoms with Crippen LogP contribution in [0.2, 0.25) is 0 Å². The van der Waals surface area contributed by atoms with E-state index in [9.17, 15) is 25.0 Å². The second kappa shape index (κ2) is 9.05. The number of benzene rings is 2. The summed E-state index contributed by atoms with van der Waals surface area (Å²) in [6, 6.07) is 11.7. The Kier molecular flexibility index (Phi) is 6.27. The molecule has 0 bridgehead atoms. The summed E-state index contributed by atoms with van der Waals surface area (Å²) >= 11 is 3.27. The second-order valence-corrected chi connectivity index (χ2v) is 6.85. The Hall–Kier alpha value is -3.93. The normalized spacial score (nSPS) is 10.8. The molecule has 3 aromatic rings. The minimum Gasteiger partial charge on any atom is -0.266 e. The molecule has 0 aliphatic rings. The average molecular weight is 473 g/mol. The molecule has 0 saturated heterocycles. The molecular formula is C18H13BrN6O5. The highest BCUT2D eigenvalue weighted by Crippen LogP contribution is 2.17. The number of rotatable bonds is 7. The number of nitro benzene ring substituents is 2. The van der Waals surface area contributed by atoms with Crippen LogP contribution < -0.4 is 5.43 Å². The van der Waals surface area contributed by atoms with Gasteiger partial charge in [-0.05, 0) is 39.2 Å². The zero-order valence-corrected chi connectivity index (χ0v) is 16.7. The number of nitrogens with zero attached hydrogens (tertiary/aromatic N) is 5. The van der Waals surface area contributed by atoms with Crippen LogP contribution in [0.3, 0.4) is 0 Å². The van der Waals surface area contributed by atoms with Crippen molar-refractivity contribution < 1.29 is 14.6 Å². The maximum absolute atomic E-state index is 12.3. The summed E-state index contributed by atoms with van der Waals surface area (Å²) in [5.74, 6) is -0.553. The number of carbonyl (C=O) groups excluding carboxylic acids is 1. The van der Waals surface area contributed by atoms with E-state index in [1.807, 2.05) is 0 Å². The number of nitro groups is 2. The summed E-state index contributed by atoms with van der Waals surface area (Å²) in [5, 5.41) is 29.4. The number of hydrogen-bond donors (Lipinski definition) is 1. The molecule has 0 aliphatic heterocycles. The van der Waals surface area contributed by atoms with Crippen molar-refractivity contribution in [1.29, 1.82) is 0 Å². The quantitative estimate of drug-likeness (QED) is 0.317. The summed E-state index contributed by atoms with van der Waals surface area (Å²) in [7, 11) is 0. The van der Waals surface area contributed by atoms with E-state index in [0.717, 1.165) is 5.56 Å². The van der Waals surface area contributed by atoms with Crippen LogP contribution in [0, 0.1) is 20.2 Å². The lowest BCUT2D eigenvalue weighted by Gasteiger charge is -2.01. The van der Waals surface area contributed by atoms with E-state index in [1.165, 1.54) is 47.3 Å². The van der Waals surface area contributed by atoms with Gasteiger partial charge in [0.2, 0.25) is 0 Å². The van der Waals surface area contributed by atoms with Crippen molar-refractivity contribution in [3.8, 4) is 0 Å². The smallest absolute Gasteiger partial charge is 0.266 e. The third kappa shape index (κ3) is 5.11. The molecular weight excluding hydrogens is 460 g/mol. The van der Waals surface area contributed by atoms with Gasteiger partial charge in [-0.2, -0.15) is 10.2 Å². The van der Waals surface area contributed by atoms with Crippen LogP contribution in [0.5, 0.6) is 0 Å². The van der Waals surface area contributed by atoms with Crippen molar-refractivity contribution >= 4 is 39.4 Å². The maximum Gasteiger partial charge on any atom is 0.293 e. The number of aromatic nitrogens is 2. The van der Waals surface area contributed by atoms with Gasteiger partial charge in [-0.25, -0.2) is 5.43 Å². The van der Waals surface area contributed by atoms with E-state index in [2.05, 4.69) is 31.6 Å². The van der Waals surface area contributed by atoms with E-state index in [-0.39, 0.29) is 17.1 Å². The third-order valence-corrected chi connectivity index (χ3v) is 4.49. The van der Waals surface area contributed by atoms with Crippen molar-refractivity contribution in [3.05, 3.63) is 96.2 Å². The fraction of sp³-hybridized carbons (Fsp3) is 0.0556. The standard InChI is InChI=1S/C18H13BrN6O5/c19-16-11-23(10-13-3-7-15(8-4-13)25(29)30)22-17(16)18(26)21-20-9-12-1-5-14(6-2-12)24(27)28/h1-9,11H,10H2,(H,21,26). The highest BCUT2D eigenvalue weighted by Gasteiger charge is 2.15. The van der Waals surface area contributed by atoms with Crippen molar-refractivity contribution in [2.75, 3.05) is 0 Å². The minimum absolute atomic E-state index is 0.00801. The van der Waals surface area contributed by atoms with Gasteiger partial charge in [0, 0.05) is 30.5 Å². The van der Waals surface area contributed by atoms with Crippen LogP contribution in [0.4, 0.5) is 11.4 Å². The van der Waals surface area contributed by atoms with E-state index in [4.69, 9.17) is 0 Å². The lowest BCUT2D eigenvalue weighted by molar-refractivity contribution is -0.385. The van der Waals surface area contributed by atoms with Crippen molar-refractivity contribution in [1.82, 2.24) is 15.2 Å². The number of nitrogens with one attached hydrogen (secondary N) is 1. The fourth-order valence-electron chi connectivity index (χ4n) is 2.44. The number of hydrogen-bond acceptors (Lipinski definition) is 7. The molecule has 0 fully saturated rings. The number of halogens is 1. The molecule has 0 spiro atoms. The first-order valence-electron chi connectivity index (χ1n) is 8.37. The summed E-state index contributed by atoms with van der Waals surface area (Å²) < 4.78 is 1.97. The minimum atomic E-state index is -0.553. The van der Waals surface area contributed by atoms with E-state index < -0.39 is 15.8 Å².